The quantitative estimate of drug-likeness (QED) is 0.922. The van der Waals surface area contributed by atoms with Gasteiger partial charge >= 0.3 is 5.97 Å². The van der Waals surface area contributed by atoms with Crippen LogP contribution in [0, 0.1) is 5.82 Å². The monoisotopic (exact) mass is 351 g/mol. The number of amides is 1. The Morgan fingerprint density at radius 1 is 1.25 bits per heavy atom. The largest absolute Gasteiger partial charge is 0.478 e. The number of carboxylic acid groups (broad SMARTS) is 1. The molecule has 126 valence electrons. The van der Waals surface area contributed by atoms with Crippen molar-refractivity contribution in [3.05, 3.63) is 52.6 Å². The van der Waals surface area contributed by atoms with Crippen LogP contribution in [0.2, 0.25) is 5.02 Å². The van der Waals surface area contributed by atoms with Crippen LogP contribution >= 0.6 is 11.6 Å². The summed E-state index contributed by atoms with van der Waals surface area (Å²) in [5, 5.41) is 13.0. The first-order valence-electron chi connectivity index (χ1n) is 7.47. The molecule has 0 unspecified atom stereocenters. The third kappa shape index (κ3) is 3.26. The molecule has 1 amide bonds. The number of likely N-dealkylation sites (tertiary alicyclic amines) is 1. The van der Waals surface area contributed by atoms with Crippen LogP contribution in [-0.4, -0.2) is 44.8 Å². The fourth-order valence-corrected chi connectivity index (χ4v) is 2.91. The molecule has 6 nitrogen and oxygen atoms in total. The lowest BCUT2D eigenvalue weighted by atomic mass is 10.0. The Kier molecular flexibility index (Phi) is 4.53. The van der Waals surface area contributed by atoms with Gasteiger partial charge in [-0.05, 0) is 31.0 Å². The van der Waals surface area contributed by atoms with Crippen LogP contribution in [-0.2, 0) is 0 Å². The number of benzene rings is 1. The molecule has 0 radical (unpaired) electrons. The van der Waals surface area contributed by atoms with Crippen molar-refractivity contribution >= 4 is 23.5 Å². The van der Waals surface area contributed by atoms with Gasteiger partial charge < -0.3 is 10.0 Å². The zero-order valence-corrected chi connectivity index (χ0v) is 13.4. The molecule has 1 saturated heterocycles. The Morgan fingerprint density at radius 2 is 1.96 bits per heavy atom. The highest BCUT2D eigenvalue weighted by molar-refractivity contribution is 6.30. The van der Waals surface area contributed by atoms with Crippen molar-refractivity contribution in [3.63, 3.8) is 0 Å². The van der Waals surface area contributed by atoms with Crippen LogP contribution in [0.4, 0.5) is 4.39 Å². The highest BCUT2D eigenvalue weighted by atomic mass is 35.5. The number of hydrogen-bond acceptors (Lipinski definition) is 3. The summed E-state index contributed by atoms with van der Waals surface area (Å²) in [6.07, 6.45) is 4.13. The van der Waals surface area contributed by atoms with Crippen LogP contribution in [0.25, 0.3) is 0 Å². The normalized spacial score (nSPS) is 15.5. The molecule has 0 saturated carbocycles. The van der Waals surface area contributed by atoms with Crippen molar-refractivity contribution in [1.82, 2.24) is 14.7 Å². The Labute approximate surface area is 142 Å². The van der Waals surface area contributed by atoms with E-state index in [4.69, 9.17) is 16.7 Å². The van der Waals surface area contributed by atoms with E-state index in [1.54, 1.807) is 9.58 Å². The van der Waals surface area contributed by atoms with Crippen LogP contribution < -0.4 is 0 Å². The van der Waals surface area contributed by atoms with E-state index in [2.05, 4.69) is 5.10 Å². The summed E-state index contributed by atoms with van der Waals surface area (Å²) < 4.78 is 15.1. The second-order valence-corrected chi connectivity index (χ2v) is 6.07. The van der Waals surface area contributed by atoms with Crippen molar-refractivity contribution < 1.29 is 19.1 Å². The van der Waals surface area contributed by atoms with E-state index in [9.17, 15) is 14.0 Å². The molecule has 1 N–H and O–H groups in total. The van der Waals surface area contributed by atoms with Gasteiger partial charge in [0.25, 0.3) is 5.91 Å². The van der Waals surface area contributed by atoms with Gasteiger partial charge in [0.15, 0.2) is 0 Å². The van der Waals surface area contributed by atoms with E-state index < -0.39 is 11.8 Å². The van der Waals surface area contributed by atoms with Gasteiger partial charge in [-0.3, -0.25) is 9.48 Å². The molecule has 0 bridgehead atoms. The molecule has 0 spiro atoms. The minimum atomic E-state index is -1.02. The molecule has 24 heavy (non-hydrogen) atoms. The van der Waals surface area contributed by atoms with E-state index >= 15 is 0 Å². The smallest absolute Gasteiger partial charge is 0.338 e. The summed E-state index contributed by atoms with van der Waals surface area (Å²) in [4.78, 5) is 25.0. The van der Waals surface area contributed by atoms with Crippen LogP contribution in [0.3, 0.4) is 0 Å². The predicted molar refractivity (Wildman–Crippen MR) is 84.8 cm³/mol. The fourth-order valence-electron chi connectivity index (χ4n) is 2.79. The third-order valence-electron chi connectivity index (χ3n) is 4.14. The number of rotatable bonds is 3. The average molecular weight is 352 g/mol. The molecular formula is C16H15ClFN3O3. The molecule has 2 heterocycles. The van der Waals surface area contributed by atoms with Gasteiger partial charge in [-0.25, -0.2) is 9.18 Å². The summed E-state index contributed by atoms with van der Waals surface area (Å²) >= 11 is 5.63. The first-order chi connectivity index (χ1) is 11.5. The topological polar surface area (TPSA) is 75.4 Å². The van der Waals surface area contributed by atoms with Gasteiger partial charge in [0, 0.05) is 24.8 Å². The number of hydrogen-bond donors (Lipinski definition) is 1. The summed E-state index contributed by atoms with van der Waals surface area (Å²) in [7, 11) is 0. The van der Waals surface area contributed by atoms with Gasteiger partial charge in [0.2, 0.25) is 0 Å². The van der Waals surface area contributed by atoms with Crippen molar-refractivity contribution in [2.24, 2.45) is 0 Å². The number of piperidine rings is 1. The highest BCUT2D eigenvalue weighted by Crippen LogP contribution is 2.24. The fraction of sp³-hybridized carbons (Fsp3) is 0.312. The molecule has 1 aromatic heterocycles. The van der Waals surface area contributed by atoms with Crippen molar-refractivity contribution in [3.8, 4) is 0 Å². The van der Waals surface area contributed by atoms with Crippen LogP contribution in [0.5, 0.6) is 0 Å². The number of aromatic carboxylic acids is 1. The van der Waals surface area contributed by atoms with Crippen molar-refractivity contribution in [1.29, 1.82) is 0 Å². The minimum absolute atomic E-state index is 0.0156. The van der Waals surface area contributed by atoms with E-state index in [0.29, 0.717) is 25.9 Å². The molecule has 1 fully saturated rings. The second-order valence-electron chi connectivity index (χ2n) is 5.67. The molecule has 0 aliphatic carbocycles. The standard InChI is InChI=1S/C16H15ClFN3O3/c17-13-2-1-10(7-14(13)18)15(22)20-5-3-12(4-6-20)21-9-11(8-19-21)16(23)24/h1-2,7-9,12H,3-6H2,(H,23,24). The zero-order chi connectivity index (χ0) is 17.3. The lowest BCUT2D eigenvalue weighted by Gasteiger charge is -2.32. The third-order valence-corrected chi connectivity index (χ3v) is 4.45. The van der Waals surface area contributed by atoms with E-state index in [1.807, 2.05) is 0 Å². The number of carbonyl (C=O) groups is 2. The van der Waals surface area contributed by atoms with Gasteiger partial charge in [-0.2, -0.15) is 5.10 Å². The van der Waals surface area contributed by atoms with Gasteiger partial charge in [0.1, 0.15) is 5.82 Å². The molecular weight excluding hydrogens is 337 g/mol. The van der Waals surface area contributed by atoms with Gasteiger partial charge in [-0.15, -0.1) is 0 Å². The zero-order valence-electron chi connectivity index (χ0n) is 12.7. The Morgan fingerprint density at radius 3 is 2.54 bits per heavy atom. The lowest BCUT2D eigenvalue weighted by Crippen LogP contribution is -2.39. The Bertz CT molecular complexity index is 785. The van der Waals surface area contributed by atoms with Gasteiger partial charge in [0.05, 0.1) is 22.8 Å². The predicted octanol–water partition coefficient (Wildman–Crippen LogP) is 2.85. The summed E-state index contributed by atoms with van der Waals surface area (Å²) in [6, 6.07) is 4.06. The number of nitrogens with zero attached hydrogens (tertiary/aromatic N) is 3. The highest BCUT2D eigenvalue weighted by Gasteiger charge is 2.25. The average Bonchev–Trinajstić information content (AvgIpc) is 3.07. The lowest BCUT2D eigenvalue weighted by molar-refractivity contribution is 0.0688. The first-order valence-corrected chi connectivity index (χ1v) is 7.85. The number of carboxylic acids is 1. The summed E-state index contributed by atoms with van der Waals surface area (Å²) in [6.45, 7) is 0.992. The van der Waals surface area contributed by atoms with Crippen LogP contribution in [0.15, 0.2) is 30.6 Å². The maximum atomic E-state index is 13.5. The van der Waals surface area contributed by atoms with Crippen LogP contribution in [0.1, 0.15) is 39.6 Å². The van der Waals surface area contributed by atoms with Crippen molar-refractivity contribution in [2.45, 2.75) is 18.9 Å². The second kappa shape index (κ2) is 6.60. The number of halogens is 2. The number of aromatic nitrogens is 2. The minimum Gasteiger partial charge on any atom is -0.478 e. The molecule has 1 aliphatic heterocycles. The van der Waals surface area contributed by atoms with Gasteiger partial charge in [-0.1, -0.05) is 11.6 Å². The Balaban J connectivity index is 1.64. The molecule has 1 aliphatic rings. The first kappa shape index (κ1) is 16.4. The molecule has 1 aromatic carbocycles. The van der Waals surface area contributed by atoms with E-state index in [1.165, 1.54) is 24.5 Å². The Hall–Kier alpha value is -2.41. The number of carbonyl (C=O) groups excluding carboxylic acids is 1. The molecule has 8 heteroatoms. The SMILES string of the molecule is O=C(O)c1cnn(C2CCN(C(=O)c3ccc(Cl)c(F)c3)CC2)c1. The molecule has 0 atom stereocenters. The van der Waals surface area contributed by atoms with E-state index in [0.717, 1.165) is 6.07 Å². The maximum absolute atomic E-state index is 13.5. The van der Waals surface area contributed by atoms with E-state index in [-0.39, 0.29) is 28.1 Å². The molecule has 3 rings (SSSR count). The summed E-state index contributed by atoms with van der Waals surface area (Å²) in [5.74, 6) is -1.87. The van der Waals surface area contributed by atoms with Crippen molar-refractivity contribution in [2.75, 3.05) is 13.1 Å². The molecule has 2 aromatic rings. The maximum Gasteiger partial charge on any atom is 0.338 e. The summed E-state index contributed by atoms with van der Waals surface area (Å²) in [5.41, 5.74) is 0.410.